The predicted molar refractivity (Wildman–Crippen MR) is 83.3 cm³/mol. The molecule has 2 nitrogen and oxygen atoms in total. The molecular formula is C15H17Cl2NO. The molecule has 1 atom stereocenters. The Morgan fingerprint density at radius 1 is 1.11 bits per heavy atom. The zero-order valence-corrected chi connectivity index (χ0v) is 12.5. The van der Waals surface area contributed by atoms with E-state index < -0.39 is 0 Å². The van der Waals surface area contributed by atoms with Crippen molar-refractivity contribution in [2.24, 2.45) is 5.73 Å². The van der Waals surface area contributed by atoms with Crippen LogP contribution in [0.4, 0.5) is 0 Å². The van der Waals surface area contributed by atoms with Gasteiger partial charge in [-0.05, 0) is 36.2 Å². The van der Waals surface area contributed by atoms with Gasteiger partial charge in [0, 0.05) is 16.6 Å². The Bertz CT molecular complexity index is 538. The molecule has 4 heteroatoms. The molecule has 0 heterocycles. The first-order valence-electron chi connectivity index (χ1n) is 5.81. The molecule has 0 aliphatic rings. The van der Waals surface area contributed by atoms with E-state index in [9.17, 15) is 0 Å². The Morgan fingerprint density at radius 3 is 2.26 bits per heavy atom. The third-order valence-corrected chi connectivity index (χ3v) is 3.25. The van der Waals surface area contributed by atoms with Crippen molar-refractivity contribution in [2.45, 2.75) is 13.0 Å². The Kier molecular flexibility index (Phi) is 5.67. The SMILES string of the molecule is COc1ccc(Cl)c(-c2ccc(C(C)N)cc2)c1.Cl. The van der Waals surface area contributed by atoms with Crippen molar-refractivity contribution in [3.8, 4) is 16.9 Å². The summed E-state index contributed by atoms with van der Waals surface area (Å²) in [5.41, 5.74) is 8.96. The molecule has 0 aliphatic carbocycles. The lowest BCUT2D eigenvalue weighted by molar-refractivity contribution is 0.415. The first-order chi connectivity index (χ1) is 8.61. The molecule has 0 saturated carbocycles. The molecule has 2 N–H and O–H groups in total. The van der Waals surface area contributed by atoms with Crippen molar-refractivity contribution < 1.29 is 4.74 Å². The summed E-state index contributed by atoms with van der Waals surface area (Å²) in [5.74, 6) is 0.797. The highest BCUT2D eigenvalue weighted by molar-refractivity contribution is 6.33. The van der Waals surface area contributed by atoms with Crippen molar-refractivity contribution in [1.29, 1.82) is 0 Å². The lowest BCUT2D eigenvalue weighted by atomic mass is 10.0. The fourth-order valence-corrected chi connectivity index (χ4v) is 2.05. The lowest BCUT2D eigenvalue weighted by Crippen LogP contribution is -2.04. The lowest BCUT2D eigenvalue weighted by Gasteiger charge is -2.10. The van der Waals surface area contributed by atoms with Gasteiger partial charge in [-0.2, -0.15) is 0 Å². The number of hydrogen-bond donors (Lipinski definition) is 1. The average molecular weight is 298 g/mol. The number of benzene rings is 2. The first kappa shape index (κ1) is 15.8. The van der Waals surface area contributed by atoms with E-state index in [1.807, 2.05) is 49.4 Å². The van der Waals surface area contributed by atoms with Crippen LogP contribution in [-0.4, -0.2) is 7.11 Å². The molecule has 0 amide bonds. The molecule has 0 radical (unpaired) electrons. The van der Waals surface area contributed by atoms with Gasteiger partial charge in [-0.3, -0.25) is 0 Å². The quantitative estimate of drug-likeness (QED) is 0.908. The fraction of sp³-hybridized carbons (Fsp3) is 0.200. The highest BCUT2D eigenvalue weighted by Gasteiger charge is 2.06. The standard InChI is InChI=1S/C15H16ClNO.ClH/c1-10(17)11-3-5-12(6-4-11)14-9-13(18-2)7-8-15(14)16;/h3-10H,17H2,1-2H3;1H. The van der Waals surface area contributed by atoms with Gasteiger partial charge in [-0.15, -0.1) is 12.4 Å². The van der Waals surface area contributed by atoms with Gasteiger partial charge in [-0.1, -0.05) is 35.9 Å². The monoisotopic (exact) mass is 297 g/mol. The van der Waals surface area contributed by atoms with E-state index in [0.29, 0.717) is 5.02 Å². The van der Waals surface area contributed by atoms with Gasteiger partial charge in [0.05, 0.1) is 7.11 Å². The summed E-state index contributed by atoms with van der Waals surface area (Å²) in [4.78, 5) is 0. The van der Waals surface area contributed by atoms with Crippen LogP contribution in [0.2, 0.25) is 5.02 Å². The number of methoxy groups -OCH3 is 1. The molecular weight excluding hydrogens is 281 g/mol. The number of ether oxygens (including phenoxy) is 1. The zero-order valence-electron chi connectivity index (χ0n) is 10.9. The highest BCUT2D eigenvalue weighted by Crippen LogP contribution is 2.31. The molecule has 0 fully saturated rings. The maximum atomic E-state index is 6.21. The summed E-state index contributed by atoms with van der Waals surface area (Å²) in [6.07, 6.45) is 0. The second-order valence-corrected chi connectivity index (χ2v) is 4.66. The van der Waals surface area contributed by atoms with E-state index in [-0.39, 0.29) is 18.4 Å². The zero-order chi connectivity index (χ0) is 13.1. The van der Waals surface area contributed by atoms with Gasteiger partial charge in [-0.25, -0.2) is 0 Å². The van der Waals surface area contributed by atoms with Crippen LogP contribution in [0.5, 0.6) is 5.75 Å². The van der Waals surface area contributed by atoms with Gasteiger partial charge in [0.2, 0.25) is 0 Å². The summed E-state index contributed by atoms with van der Waals surface area (Å²) in [6, 6.07) is 13.8. The van der Waals surface area contributed by atoms with Crippen molar-refractivity contribution in [2.75, 3.05) is 7.11 Å². The summed E-state index contributed by atoms with van der Waals surface area (Å²) < 4.78 is 5.21. The second kappa shape index (κ2) is 6.80. The van der Waals surface area contributed by atoms with Crippen LogP contribution in [-0.2, 0) is 0 Å². The van der Waals surface area contributed by atoms with Crippen LogP contribution < -0.4 is 10.5 Å². The van der Waals surface area contributed by atoms with Crippen molar-refractivity contribution >= 4 is 24.0 Å². The van der Waals surface area contributed by atoms with Crippen molar-refractivity contribution in [3.05, 3.63) is 53.1 Å². The molecule has 2 aromatic carbocycles. The molecule has 0 spiro atoms. The fourth-order valence-electron chi connectivity index (χ4n) is 1.82. The van der Waals surface area contributed by atoms with Gasteiger partial charge in [0.15, 0.2) is 0 Å². The van der Waals surface area contributed by atoms with Gasteiger partial charge in [0.25, 0.3) is 0 Å². The minimum Gasteiger partial charge on any atom is -0.497 e. The van der Waals surface area contributed by atoms with E-state index in [2.05, 4.69) is 0 Å². The van der Waals surface area contributed by atoms with E-state index >= 15 is 0 Å². The molecule has 0 saturated heterocycles. The largest absolute Gasteiger partial charge is 0.497 e. The normalized spacial score (nSPS) is 11.6. The summed E-state index contributed by atoms with van der Waals surface area (Å²) in [5, 5.41) is 0.712. The van der Waals surface area contributed by atoms with E-state index in [4.69, 9.17) is 22.1 Å². The minimum absolute atomic E-state index is 0. The van der Waals surface area contributed by atoms with Crippen LogP contribution in [0.1, 0.15) is 18.5 Å². The van der Waals surface area contributed by atoms with Crippen LogP contribution in [0, 0.1) is 0 Å². The molecule has 2 rings (SSSR count). The third kappa shape index (κ3) is 3.63. The molecule has 19 heavy (non-hydrogen) atoms. The Labute approximate surface area is 124 Å². The second-order valence-electron chi connectivity index (χ2n) is 4.26. The van der Waals surface area contributed by atoms with Crippen LogP contribution in [0.25, 0.3) is 11.1 Å². The van der Waals surface area contributed by atoms with Crippen LogP contribution in [0.15, 0.2) is 42.5 Å². The number of halogens is 2. The third-order valence-electron chi connectivity index (χ3n) is 2.92. The topological polar surface area (TPSA) is 35.2 Å². The number of hydrogen-bond acceptors (Lipinski definition) is 2. The van der Waals surface area contributed by atoms with E-state index in [1.54, 1.807) is 7.11 Å². The van der Waals surface area contributed by atoms with Gasteiger partial charge < -0.3 is 10.5 Å². The van der Waals surface area contributed by atoms with Crippen LogP contribution in [0.3, 0.4) is 0 Å². The highest BCUT2D eigenvalue weighted by atomic mass is 35.5. The van der Waals surface area contributed by atoms with E-state index in [0.717, 1.165) is 22.4 Å². The van der Waals surface area contributed by atoms with Gasteiger partial charge >= 0.3 is 0 Å². The Hall–Kier alpha value is -1.22. The molecule has 0 bridgehead atoms. The smallest absolute Gasteiger partial charge is 0.119 e. The maximum Gasteiger partial charge on any atom is 0.119 e. The van der Waals surface area contributed by atoms with Crippen molar-refractivity contribution in [1.82, 2.24) is 0 Å². The Morgan fingerprint density at radius 2 is 1.74 bits per heavy atom. The van der Waals surface area contributed by atoms with Crippen LogP contribution >= 0.6 is 24.0 Å². The van der Waals surface area contributed by atoms with E-state index in [1.165, 1.54) is 0 Å². The molecule has 102 valence electrons. The molecule has 0 aromatic heterocycles. The van der Waals surface area contributed by atoms with Crippen molar-refractivity contribution in [3.63, 3.8) is 0 Å². The minimum atomic E-state index is 0. The summed E-state index contributed by atoms with van der Waals surface area (Å²) in [7, 11) is 1.65. The first-order valence-corrected chi connectivity index (χ1v) is 6.19. The Balaban J connectivity index is 0.00000180. The predicted octanol–water partition coefficient (Wildman–Crippen LogP) is 4.46. The number of rotatable bonds is 3. The van der Waals surface area contributed by atoms with Gasteiger partial charge in [0.1, 0.15) is 5.75 Å². The average Bonchev–Trinajstić information content (AvgIpc) is 2.39. The molecule has 2 aromatic rings. The summed E-state index contributed by atoms with van der Waals surface area (Å²) >= 11 is 6.21. The number of nitrogens with two attached hydrogens (primary N) is 1. The molecule has 1 unspecified atom stereocenters. The summed E-state index contributed by atoms with van der Waals surface area (Å²) in [6.45, 7) is 1.97. The molecule has 0 aliphatic heterocycles. The maximum absolute atomic E-state index is 6.21.